The van der Waals surface area contributed by atoms with Gasteiger partial charge in [-0.2, -0.15) is 0 Å². The summed E-state index contributed by atoms with van der Waals surface area (Å²) < 4.78 is 2.07. The zero-order valence-electron chi connectivity index (χ0n) is 23.6. The maximum atomic E-state index is 9.06. The molecule has 0 saturated heterocycles. The number of hydrogen-bond acceptors (Lipinski definition) is 7. The van der Waals surface area contributed by atoms with E-state index in [4.69, 9.17) is 20.5 Å². The number of hydrogen-bond donors (Lipinski definition) is 3. The van der Waals surface area contributed by atoms with E-state index in [2.05, 4.69) is 70.1 Å². The first kappa shape index (κ1) is 29.3. The van der Waals surface area contributed by atoms with Gasteiger partial charge < -0.3 is 16.4 Å². The van der Waals surface area contributed by atoms with Crippen LogP contribution in [-0.4, -0.2) is 45.4 Å². The number of carbonyl (C=O) groups excluding carboxylic acids is 1. The number of nitrogens with one attached hydrogen (secondary N) is 2. The van der Waals surface area contributed by atoms with Gasteiger partial charge >= 0.3 is 0 Å². The van der Waals surface area contributed by atoms with Gasteiger partial charge in [-0.3, -0.25) is 9.36 Å². The number of allylic oxidation sites excluding steroid dienone is 1. The Morgan fingerprint density at radius 3 is 2.44 bits per heavy atom. The van der Waals surface area contributed by atoms with E-state index in [1.54, 1.807) is 6.20 Å². The Morgan fingerprint density at radius 1 is 1.00 bits per heavy atom. The number of benzene rings is 2. The van der Waals surface area contributed by atoms with Crippen LogP contribution in [0.25, 0.3) is 39.5 Å². The smallest absolute Gasteiger partial charge is 0.165 e. The highest BCUT2D eigenvalue weighted by molar-refractivity contribution is 5.84. The minimum atomic E-state index is 0.441. The number of anilines is 1. The number of nitrogen functional groups attached to an aromatic ring is 1. The van der Waals surface area contributed by atoms with Crippen molar-refractivity contribution in [2.24, 2.45) is 0 Å². The summed E-state index contributed by atoms with van der Waals surface area (Å²) in [5.74, 6) is 1.17. The molecule has 3 heterocycles. The Morgan fingerprint density at radius 2 is 1.76 bits per heavy atom. The molecule has 0 spiro atoms. The number of pyridine rings is 2. The fraction of sp³-hybridized carbons (Fsp3) is 0.212. The quantitative estimate of drug-likeness (QED) is 0.112. The number of nitrogens with zero attached hydrogens (tertiary/aromatic N) is 4. The standard InChI is InChI=1S/C30H33N7.C3H4O/c1-21(32-2)8-6-18-33-20-22-12-14-24(15-13-22)37-29(25-11-7-19-34-28(25)31)36-27-17-16-26(35-30(27)37)23-9-4-3-5-10-23;1-2-3-4/h3-5,7,9-17,19,21,32-33H,6,8,18,20H2,1-2H3,(H2,31,34);2-3H,1H2. The molecule has 4 N–H and O–H groups in total. The van der Waals surface area contributed by atoms with Gasteiger partial charge in [0.1, 0.15) is 17.6 Å². The average molecular weight is 548 g/mol. The Hall–Kier alpha value is -4.66. The van der Waals surface area contributed by atoms with Crippen LogP contribution in [-0.2, 0) is 11.3 Å². The highest BCUT2D eigenvalue weighted by Crippen LogP contribution is 2.31. The summed E-state index contributed by atoms with van der Waals surface area (Å²) >= 11 is 0. The lowest BCUT2D eigenvalue weighted by Gasteiger charge is -2.12. The molecule has 5 aromatic rings. The second kappa shape index (κ2) is 14.6. The molecule has 1 atom stereocenters. The molecule has 0 fully saturated rings. The monoisotopic (exact) mass is 547 g/mol. The van der Waals surface area contributed by atoms with Crippen molar-refractivity contribution in [3.05, 3.63) is 103 Å². The zero-order valence-corrected chi connectivity index (χ0v) is 23.6. The van der Waals surface area contributed by atoms with E-state index in [0.717, 1.165) is 65.4 Å². The zero-order chi connectivity index (χ0) is 29.0. The molecule has 3 aromatic heterocycles. The van der Waals surface area contributed by atoms with Gasteiger partial charge in [0, 0.05) is 30.0 Å². The van der Waals surface area contributed by atoms with E-state index in [1.165, 1.54) is 11.6 Å². The molecule has 1 unspecified atom stereocenters. The van der Waals surface area contributed by atoms with Gasteiger partial charge in [0.05, 0.1) is 11.3 Å². The van der Waals surface area contributed by atoms with Gasteiger partial charge in [0.15, 0.2) is 11.5 Å². The van der Waals surface area contributed by atoms with E-state index in [9.17, 15) is 0 Å². The average Bonchev–Trinajstić information content (AvgIpc) is 3.40. The lowest BCUT2D eigenvalue weighted by atomic mass is 10.1. The number of rotatable bonds is 11. The number of imidazole rings is 1. The molecule has 0 amide bonds. The van der Waals surface area contributed by atoms with Crippen LogP contribution in [0, 0.1) is 0 Å². The lowest BCUT2D eigenvalue weighted by molar-refractivity contribution is -0.104. The summed E-state index contributed by atoms with van der Waals surface area (Å²) in [7, 11) is 2.01. The summed E-state index contributed by atoms with van der Waals surface area (Å²) in [6.45, 7) is 7.15. The van der Waals surface area contributed by atoms with Crippen LogP contribution in [0.5, 0.6) is 0 Å². The third-order valence-corrected chi connectivity index (χ3v) is 6.76. The highest BCUT2D eigenvalue weighted by atomic mass is 16.1. The molecule has 0 saturated carbocycles. The first-order valence-electron chi connectivity index (χ1n) is 13.7. The molecule has 0 aliphatic rings. The van der Waals surface area contributed by atoms with Gasteiger partial charge in [0.25, 0.3) is 0 Å². The second-order valence-electron chi connectivity index (χ2n) is 9.66. The molecule has 8 heteroatoms. The molecular weight excluding hydrogens is 510 g/mol. The van der Waals surface area contributed by atoms with Crippen LogP contribution >= 0.6 is 0 Å². The predicted molar refractivity (Wildman–Crippen MR) is 168 cm³/mol. The Labute approximate surface area is 241 Å². The van der Waals surface area contributed by atoms with Crippen LogP contribution in [0.2, 0.25) is 0 Å². The van der Waals surface area contributed by atoms with E-state index in [0.29, 0.717) is 18.1 Å². The number of aromatic nitrogens is 4. The minimum absolute atomic E-state index is 0.441. The first-order chi connectivity index (χ1) is 20.0. The number of carbonyl (C=O) groups is 1. The van der Waals surface area contributed by atoms with Gasteiger partial charge in [-0.15, -0.1) is 0 Å². The minimum Gasteiger partial charge on any atom is -0.383 e. The van der Waals surface area contributed by atoms with Crippen molar-refractivity contribution in [3.63, 3.8) is 0 Å². The third kappa shape index (κ3) is 7.51. The van der Waals surface area contributed by atoms with Crippen LogP contribution in [0.4, 0.5) is 5.82 Å². The van der Waals surface area contributed by atoms with E-state index >= 15 is 0 Å². The molecule has 0 radical (unpaired) electrons. The molecule has 0 aliphatic carbocycles. The molecule has 0 aliphatic heterocycles. The van der Waals surface area contributed by atoms with Crippen LogP contribution in [0.1, 0.15) is 25.3 Å². The van der Waals surface area contributed by atoms with Crippen molar-refractivity contribution in [3.8, 4) is 28.3 Å². The summed E-state index contributed by atoms with van der Waals surface area (Å²) in [5.41, 5.74) is 12.8. The van der Waals surface area contributed by atoms with Gasteiger partial charge in [-0.25, -0.2) is 15.0 Å². The van der Waals surface area contributed by atoms with E-state index in [-0.39, 0.29) is 0 Å². The molecule has 0 bridgehead atoms. The number of nitrogens with two attached hydrogens (primary N) is 1. The molecule has 8 nitrogen and oxygen atoms in total. The van der Waals surface area contributed by atoms with Crippen molar-refractivity contribution in [1.82, 2.24) is 30.2 Å². The van der Waals surface area contributed by atoms with Crippen molar-refractivity contribution in [2.45, 2.75) is 32.4 Å². The summed E-state index contributed by atoms with van der Waals surface area (Å²) in [4.78, 5) is 23.3. The largest absolute Gasteiger partial charge is 0.383 e. The Balaban J connectivity index is 0.000000909. The van der Waals surface area contributed by atoms with Crippen LogP contribution in [0.15, 0.2) is 97.7 Å². The van der Waals surface area contributed by atoms with Crippen molar-refractivity contribution in [2.75, 3.05) is 19.3 Å². The normalized spacial score (nSPS) is 11.5. The highest BCUT2D eigenvalue weighted by Gasteiger charge is 2.18. The second-order valence-corrected chi connectivity index (χ2v) is 9.66. The Bertz CT molecular complexity index is 1560. The molecule has 210 valence electrons. The first-order valence-corrected chi connectivity index (χ1v) is 13.7. The molecular formula is C33H37N7O. The summed E-state index contributed by atoms with van der Waals surface area (Å²) in [5, 5.41) is 6.84. The fourth-order valence-electron chi connectivity index (χ4n) is 4.43. The van der Waals surface area contributed by atoms with Gasteiger partial charge in [0.2, 0.25) is 0 Å². The Kier molecular flexibility index (Phi) is 10.5. The van der Waals surface area contributed by atoms with Crippen LogP contribution in [0.3, 0.4) is 0 Å². The number of aldehydes is 1. The predicted octanol–water partition coefficient (Wildman–Crippen LogP) is 5.58. The SMILES string of the molecule is C=CC=O.CNC(C)CCCNCc1ccc(-n2c(-c3cccnc3N)nc3ccc(-c4ccccc4)nc32)cc1. The summed E-state index contributed by atoms with van der Waals surface area (Å²) in [6.07, 6.45) is 5.83. The van der Waals surface area contributed by atoms with Crippen molar-refractivity contribution < 1.29 is 4.79 Å². The van der Waals surface area contributed by atoms with Crippen molar-refractivity contribution >= 4 is 23.3 Å². The maximum absolute atomic E-state index is 9.06. The number of fused-ring (bicyclic) bond motifs is 1. The van der Waals surface area contributed by atoms with Crippen molar-refractivity contribution in [1.29, 1.82) is 0 Å². The van der Waals surface area contributed by atoms with Gasteiger partial charge in [-0.05, 0) is 81.4 Å². The van der Waals surface area contributed by atoms with Crippen LogP contribution < -0.4 is 16.4 Å². The molecule has 2 aromatic carbocycles. The fourth-order valence-corrected chi connectivity index (χ4v) is 4.43. The molecule has 41 heavy (non-hydrogen) atoms. The van der Waals surface area contributed by atoms with E-state index < -0.39 is 0 Å². The topological polar surface area (TPSA) is 111 Å². The molecule has 5 rings (SSSR count). The third-order valence-electron chi connectivity index (χ3n) is 6.76. The lowest BCUT2D eigenvalue weighted by Crippen LogP contribution is -2.23. The van der Waals surface area contributed by atoms with Gasteiger partial charge in [-0.1, -0.05) is 49.0 Å². The maximum Gasteiger partial charge on any atom is 0.165 e. The van der Waals surface area contributed by atoms with E-state index in [1.807, 2.05) is 49.5 Å². The summed E-state index contributed by atoms with van der Waals surface area (Å²) in [6, 6.07) is 27.1.